The van der Waals surface area contributed by atoms with Crippen molar-refractivity contribution in [3.63, 3.8) is 0 Å². The predicted molar refractivity (Wildman–Crippen MR) is 81.9 cm³/mol. The minimum absolute atomic E-state index is 0.0342. The van der Waals surface area contributed by atoms with Crippen molar-refractivity contribution in [2.45, 2.75) is 19.4 Å². The maximum Gasteiger partial charge on any atom is 0.250 e. The molecule has 0 bridgehead atoms. The molecule has 2 rings (SSSR count). The number of rotatable bonds is 6. The van der Waals surface area contributed by atoms with Gasteiger partial charge < -0.3 is 9.30 Å². The molecule has 0 saturated heterocycles. The number of hydrogen-bond donors (Lipinski definition) is 0. The molecule has 3 nitrogen and oxygen atoms in total. The van der Waals surface area contributed by atoms with E-state index in [1.54, 1.807) is 29.0 Å². The van der Waals surface area contributed by atoms with Crippen LogP contribution < -0.4 is 10.3 Å². The summed E-state index contributed by atoms with van der Waals surface area (Å²) in [6, 6.07) is 10.3. The molecule has 1 heterocycles. The quantitative estimate of drug-likeness (QED) is 0.755. The Balaban J connectivity index is 1.73. The van der Waals surface area contributed by atoms with Crippen molar-refractivity contribution in [3.05, 3.63) is 63.0 Å². The number of aryl methyl sites for hydroxylation is 1. The number of nitrogens with zero attached hydrogens (tertiary/aromatic N) is 1. The summed E-state index contributed by atoms with van der Waals surface area (Å²) in [5.74, 6) is 0.800. The van der Waals surface area contributed by atoms with Crippen LogP contribution in [0.25, 0.3) is 0 Å². The summed E-state index contributed by atoms with van der Waals surface area (Å²) in [6.07, 6.45) is 3.37. The van der Waals surface area contributed by atoms with Crippen molar-refractivity contribution in [1.29, 1.82) is 0 Å². The minimum Gasteiger partial charge on any atom is -0.494 e. The third-order valence-electron chi connectivity index (χ3n) is 2.82. The van der Waals surface area contributed by atoms with E-state index in [-0.39, 0.29) is 5.56 Å². The first kappa shape index (κ1) is 14.9. The van der Waals surface area contributed by atoms with Gasteiger partial charge in [0.05, 0.1) is 11.6 Å². The van der Waals surface area contributed by atoms with E-state index < -0.39 is 0 Å². The van der Waals surface area contributed by atoms with Gasteiger partial charge in [-0.15, -0.1) is 0 Å². The number of halogens is 2. The largest absolute Gasteiger partial charge is 0.494 e. The lowest BCUT2D eigenvalue weighted by molar-refractivity contribution is 0.303. The standard InChI is InChI=1S/C15H15Cl2NO2/c16-12-3-6-14(7-4-12)20-10-2-1-9-18-11-13(17)5-8-15(18)19/h3-8,11H,1-2,9-10H2. The zero-order chi connectivity index (χ0) is 14.4. The van der Waals surface area contributed by atoms with Crippen molar-refractivity contribution in [2.75, 3.05) is 6.61 Å². The summed E-state index contributed by atoms with van der Waals surface area (Å²) in [7, 11) is 0. The second kappa shape index (κ2) is 7.36. The van der Waals surface area contributed by atoms with Gasteiger partial charge in [0, 0.05) is 23.8 Å². The molecule has 0 unspecified atom stereocenters. The molecule has 0 fully saturated rings. The first-order valence-corrected chi connectivity index (χ1v) is 7.15. The van der Waals surface area contributed by atoms with Crippen LogP contribution in [-0.4, -0.2) is 11.2 Å². The highest BCUT2D eigenvalue weighted by Crippen LogP contribution is 2.15. The second-order valence-corrected chi connectivity index (χ2v) is 5.26. The molecule has 0 amide bonds. The van der Waals surface area contributed by atoms with E-state index in [0.29, 0.717) is 23.2 Å². The molecule has 0 radical (unpaired) electrons. The van der Waals surface area contributed by atoms with Crippen LogP contribution in [0.4, 0.5) is 0 Å². The molecule has 0 N–H and O–H groups in total. The molecule has 20 heavy (non-hydrogen) atoms. The Bertz CT molecular complexity index is 608. The van der Waals surface area contributed by atoms with E-state index in [9.17, 15) is 4.79 Å². The number of unbranched alkanes of at least 4 members (excludes halogenated alkanes) is 1. The molecule has 0 aliphatic rings. The Morgan fingerprint density at radius 1 is 0.950 bits per heavy atom. The lowest BCUT2D eigenvalue weighted by atomic mass is 10.3. The Morgan fingerprint density at radius 2 is 1.65 bits per heavy atom. The van der Waals surface area contributed by atoms with Gasteiger partial charge in [-0.05, 0) is 43.2 Å². The highest BCUT2D eigenvalue weighted by molar-refractivity contribution is 6.30. The highest BCUT2D eigenvalue weighted by Gasteiger charge is 1.98. The summed E-state index contributed by atoms with van der Waals surface area (Å²) in [6.45, 7) is 1.25. The first-order valence-electron chi connectivity index (χ1n) is 6.39. The van der Waals surface area contributed by atoms with Gasteiger partial charge in [0.2, 0.25) is 0 Å². The Morgan fingerprint density at radius 3 is 2.40 bits per heavy atom. The maximum absolute atomic E-state index is 11.5. The van der Waals surface area contributed by atoms with Crippen LogP contribution in [0.3, 0.4) is 0 Å². The highest BCUT2D eigenvalue weighted by atomic mass is 35.5. The van der Waals surface area contributed by atoms with Crippen molar-refractivity contribution in [3.8, 4) is 5.75 Å². The van der Waals surface area contributed by atoms with E-state index >= 15 is 0 Å². The van der Waals surface area contributed by atoms with Crippen LogP contribution in [0.2, 0.25) is 10.0 Å². The van der Waals surface area contributed by atoms with E-state index in [2.05, 4.69) is 0 Å². The molecule has 0 aliphatic heterocycles. The zero-order valence-electron chi connectivity index (χ0n) is 10.9. The normalized spacial score (nSPS) is 10.5. The number of pyridine rings is 1. The van der Waals surface area contributed by atoms with Crippen LogP contribution in [0, 0.1) is 0 Å². The first-order chi connectivity index (χ1) is 9.65. The van der Waals surface area contributed by atoms with Gasteiger partial charge in [-0.1, -0.05) is 23.2 Å². The van der Waals surface area contributed by atoms with Crippen molar-refractivity contribution in [1.82, 2.24) is 4.57 Å². The molecule has 0 atom stereocenters. The Hall–Kier alpha value is -1.45. The summed E-state index contributed by atoms with van der Waals surface area (Å²) in [5.41, 5.74) is -0.0342. The molecular weight excluding hydrogens is 297 g/mol. The molecule has 5 heteroatoms. The predicted octanol–water partition coefficient (Wildman–Crippen LogP) is 4.01. The Labute approximate surface area is 127 Å². The lowest BCUT2D eigenvalue weighted by Crippen LogP contribution is -2.18. The van der Waals surface area contributed by atoms with Gasteiger partial charge >= 0.3 is 0 Å². The SMILES string of the molecule is O=c1ccc(Cl)cn1CCCCOc1ccc(Cl)cc1. The Kier molecular flexibility index (Phi) is 5.50. The molecule has 0 saturated carbocycles. The fourth-order valence-corrected chi connectivity index (χ4v) is 2.09. The van der Waals surface area contributed by atoms with Gasteiger partial charge in [0.1, 0.15) is 5.75 Å². The third kappa shape index (κ3) is 4.58. The fourth-order valence-electron chi connectivity index (χ4n) is 1.78. The average molecular weight is 312 g/mol. The van der Waals surface area contributed by atoms with Crippen LogP contribution in [0.5, 0.6) is 5.75 Å². The topological polar surface area (TPSA) is 31.2 Å². The van der Waals surface area contributed by atoms with Gasteiger partial charge in [-0.25, -0.2) is 0 Å². The number of hydrogen-bond acceptors (Lipinski definition) is 2. The fraction of sp³-hybridized carbons (Fsp3) is 0.267. The summed E-state index contributed by atoms with van der Waals surface area (Å²) < 4.78 is 7.20. The van der Waals surface area contributed by atoms with Crippen LogP contribution in [0.1, 0.15) is 12.8 Å². The second-order valence-electron chi connectivity index (χ2n) is 4.39. The molecule has 106 valence electrons. The monoisotopic (exact) mass is 311 g/mol. The number of aromatic nitrogens is 1. The molecule has 0 aliphatic carbocycles. The number of benzene rings is 1. The minimum atomic E-state index is -0.0342. The van der Waals surface area contributed by atoms with Crippen molar-refractivity contribution < 1.29 is 4.74 Å². The molecule has 0 spiro atoms. The molecular formula is C15H15Cl2NO2. The van der Waals surface area contributed by atoms with E-state index in [4.69, 9.17) is 27.9 Å². The van der Waals surface area contributed by atoms with Gasteiger partial charge in [0.15, 0.2) is 0 Å². The molecule has 1 aromatic carbocycles. The summed E-state index contributed by atoms with van der Waals surface area (Å²) in [4.78, 5) is 11.5. The van der Waals surface area contributed by atoms with E-state index in [1.165, 1.54) is 6.07 Å². The third-order valence-corrected chi connectivity index (χ3v) is 3.30. The van der Waals surface area contributed by atoms with Gasteiger partial charge in [-0.3, -0.25) is 4.79 Å². The maximum atomic E-state index is 11.5. The smallest absolute Gasteiger partial charge is 0.250 e. The van der Waals surface area contributed by atoms with Crippen molar-refractivity contribution >= 4 is 23.2 Å². The van der Waals surface area contributed by atoms with E-state index in [0.717, 1.165) is 18.6 Å². The summed E-state index contributed by atoms with van der Waals surface area (Å²) in [5, 5.41) is 1.26. The van der Waals surface area contributed by atoms with Crippen molar-refractivity contribution in [2.24, 2.45) is 0 Å². The van der Waals surface area contributed by atoms with Gasteiger partial charge in [0.25, 0.3) is 5.56 Å². The van der Waals surface area contributed by atoms with Crippen LogP contribution >= 0.6 is 23.2 Å². The van der Waals surface area contributed by atoms with Crippen LogP contribution in [-0.2, 0) is 6.54 Å². The summed E-state index contributed by atoms with van der Waals surface area (Å²) >= 11 is 11.6. The van der Waals surface area contributed by atoms with Gasteiger partial charge in [-0.2, -0.15) is 0 Å². The number of ether oxygens (including phenoxy) is 1. The van der Waals surface area contributed by atoms with Crippen LogP contribution in [0.15, 0.2) is 47.4 Å². The van der Waals surface area contributed by atoms with E-state index in [1.807, 2.05) is 12.1 Å². The lowest BCUT2D eigenvalue weighted by Gasteiger charge is -2.07. The average Bonchev–Trinajstić information content (AvgIpc) is 2.44. The molecule has 2 aromatic rings. The zero-order valence-corrected chi connectivity index (χ0v) is 12.4. The molecule has 1 aromatic heterocycles.